The van der Waals surface area contributed by atoms with E-state index >= 15 is 0 Å². The quantitative estimate of drug-likeness (QED) is 0.522. The number of rotatable bonds is 4. The molecule has 0 aromatic heterocycles. The zero-order valence-corrected chi connectivity index (χ0v) is 13.7. The molecule has 23 heavy (non-hydrogen) atoms. The van der Waals surface area contributed by atoms with Crippen molar-refractivity contribution in [3.05, 3.63) is 35.6 Å². The number of hydrogen-bond acceptors (Lipinski definition) is 3. The number of hydrogen-bond donors (Lipinski definition) is 1. The molecule has 0 atom stereocenters. The molecule has 1 aromatic rings. The number of halogens is 1. The maximum atomic E-state index is 13.2. The van der Waals surface area contributed by atoms with Gasteiger partial charge in [0.05, 0.1) is 13.0 Å². The van der Waals surface area contributed by atoms with Gasteiger partial charge in [-0.25, -0.2) is 4.39 Å². The molecule has 1 N–H and O–H groups in total. The zero-order chi connectivity index (χ0) is 16.7. The molecule has 1 aliphatic heterocycles. The lowest BCUT2D eigenvalue weighted by atomic mass is 9.97. The van der Waals surface area contributed by atoms with Crippen molar-refractivity contribution >= 4 is 11.9 Å². The van der Waals surface area contributed by atoms with Crippen LogP contribution in [-0.2, 0) is 16.0 Å². The van der Waals surface area contributed by atoms with Gasteiger partial charge in [0.1, 0.15) is 5.82 Å². The number of ether oxygens (including phenoxy) is 1. The van der Waals surface area contributed by atoms with Crippen molar-refractivity contribution in [3.63, 3.8) is 0 Å². The fourth-order valence-electron chi connectivity index (χ4n) is 2.84. The first kappa shape index (κ1) is 17.2. The Labute approximate surface area is 136 Å². The van der Waals surface area contributed by atoms with E-state index < -0.39 is 0 Å². The predicted octanol–water partition coefficient (Wildman–Crippen LogP) is 1.83. The number of guanidine groups is 1. The Morgan fingerprint density at radius 2 is 2.17 bits per heavy atom. The van der Waals surface area contributed by atoms with Crippen LogP contribution >= 0.6 is 0 Å². The molecular formula is C17H24FN3O2. The van der Waals surface area contributed by atoms with Crippen LogP contribution in [0.4, 0.5) is 4.39 Å². The Bertz CT molecular complexity index is 555. The summed E-state index contributed by atoms with van der Waals surface area (Å²) in [5, 5.41) is 3.30. The lowest BCUT2D eigenvalue weighted by Crippen LogP contribution is -2.47. The monoisotopic (exact) mass is 321 g/mol. The van der Waals surface area contributed by atoms with E-state index in [0.29, 0.717) is 6.54 Å². The summed E-state index contributed by atoms with van der Waals surface area (Å²) in [6, 6.07) is 6.63. The van der Waals surface area contributed by atoms with Crippen molar-refractivity contribution in [1.29, 1.82) is 0 Å². The normalized spacial score (nSPS) is 16.3. The van der Waals surface area contributed by atoms with E-state index in [-0.39, 0.29) is 17.7 Å². The van der Waals surface area contributed by atoms with Gasteiger partial charge in [-0.3, -0.25) is 9.79 Å². The minimum atomic E-state index is -0.211. The summed E-state index contributed by atoms with van der Waals surface area (Å²) in [7, 11) is 3.18. The van der Waals surface area contributed by atoms with Crippen LogP contribution < -0.4 is 5.32 Å². The third kappa shape index (κ3) is 4.94. The summed E-state index contributed by atoms with van der Waals surface area (Å²) in [5.74, 6) is 0.474. The highest BCUT2D eigenvalue weighted by Crippen LogP contribution is 2.18. The summed E-state index contributed by atoms with van der Waals surface area (Å²) in [6.45, 7) is 2.24. The lowest BCUT2D eigenvalue weighted by Gasteiger charge is -2.33. The molecule has 6 heteroatoms. The molecule has 0 radical (unpaired) electrons. The molecule has 0 unspecified atom stereocenters. The van der Waals surface area contributed by atoms with Gasteiger partial charge in [-0.15, -0.1) is 0 Å². The molecule has 0 bridgehead atoms. The van der Waals surface area contributed by atoms with E-state index in [2.05, 4.69) is 15.2 Å². The van der Waals surface area contributed by atoms with Crippen LogP contribution in [0.25, 0.3) is 0 Å². The molecule has 1 aliphatic rings. The minimum Gasteiger partial charge on any atom is -0.469 e. The summed E-state index contributed by atoms with van der Waals surface area (Å²) in [5.41, 5.74) is 0.956. The van der Waals surface area contributed by atoms with Gasteiger partial charge in [0.25, 0.3) is 0 Å². The lowest BCUT2D eigenvalue weighted by molar-refractivity contribution is -0.146. The zero-order valence-electron chi connectivity index (χ0n) is 13.7. The SMILES string of the molecule is CN=C(NCCc1cccc(F)c1)N1CCC(C(=O)OC)CC1. The Balaban J connectivity index is 1.79. The fourth-order valence-corrected chi connectivity index (χ4v) is 2.84. The van der Waals surface area contributed by atoms with Crippen LogP contribution in [0, 0.1) is 11.7 Å². The van der Waals surface area contributed by atoms with Crippen molar-refractivity contribution in [3.8, 4) is 0 Å². The standard InChI is InChI=1S/C17H24FN3O2/c1-19-17(20-9-6-13-4-3-5-15(18)12-13)21-10-7-14(8-11-21)16(22)23-2/h3-5,12,14H,6-11H2,1-2H3,(H,19,20). The minimum absolute atomic E-state index is 0.0124. The van der Waals surface area contributed by atoms with Gasteiger partial charge in [0, 0.05) is 26.7 Å². The number of nitrogens with one attached hydrogen (secondary N) is 1. The number of likely N-dealkylation sites (tertiary alicyclic amines) is 1. The second-order valence-electron chi connectivity index (χ2n) is 5.64. The Morgan fingerprint density at radius 1 is 1.43 bits per heavy atom. The van der Waals surface area contributed by atoms with Gasteiger partial charge in [-0.2, -0.15) is 0 Å². The number of carbonyl (C=O) groups excluding carboxylic acids is 1. The molecule has 0 spiro atoms. The third-order valence-electron chi connectivity index (χ3n) is 4.13. The summed E-state index contributed by atoms with van der Waals surface area (Å²) >= 11 is 0. The summed E-state index contributed by atoms with van der Waals surface area (Å²) < 4.78 is 18.0. The van der Waals surface area contributed by atoms with E-state index in [1.165, 1.54) is 13.2 Å². The van der Waals surface area contributed by atoms with Crippen molar-refractivity contribution < 1.29 is 13.9 Å². The Morgan fingerprint density at radius 3 is 2.78 bits per heavy atom. The molecule has 1 fully saturated rings. The molecule has 2 rings (SSSR count). The van der Waals surface area contributed by atoms with Crippen LogP contribution in [0.3, 0.4) is 0 Å². The molecule has 0 amide bonds. The summed E-state index contributed by atoms with van der Waals surface area (Å²) in [4.78, 5) is 18.0. The predicted molar refractivity (Wildman–Crippen MR) is 87.8 cm³/mol. The number of nitrogens with zero attached hydrogens (tertiary/aromatic N) is 2. The number of piperidine rings is 1. The van der Waals surface area contributed by atoms with Crippen LogP contribution in [-0.4, -0.2) is 50.6 Å². The maximum absolute atomic E-state index is 13.2. The molecule has 5 nitrogen and oxygen atoms in total. The first-order chi connectivity index (χ1) is 11.1. The van der Waals surface area contributed by atoms with E-state index in [4.69, 9.17) is 4.74 Å². The van der Waals surface area contributed by atoms with E-state index in [0.717, 1.165) is 43.9 Å². The average molecular weight is 321 g/mol. The molecule has 0 saturated carbocycles. The molecule has 126 valence electrons. The number of aliphatic imine (C=N–C) groups is 1. The molecular weight excluding hydrogens is 297 g/mol. The largest absolute Gasteiger partial charge is 0.469 e. The van der Waals surface area contributed by atoms with Gasteiger partial charge >= 0.3 is 5.97 Å². The highest BCUT2D eigenvalue weighted by atomic mass is 19.1. The first-order valence-corrected chi connectivity index (χ1v) is 7.92. The molecule has 0 aliphatic carbocycles. The second kappa shape index (κ2) is 8.50. The third-order valence-corrected chi connectivity index (χ3v) is 4.13. The van der Waals surface area contributed by atoms with E-state index in [1.54, 1.807) is 19.2 Å². The number of esters is 1. The van der Waals surface area contributed by atoms with Crippen LogP contribution in [0.5, 0.6) is 0 Å². The van der Waals surface area contributed by atoms with Gasteiger partial charge in [-0.05, 0) is 37.0 Å². The first-order valence-electron chi connectivity index (χ1n) is 7.92. The van der Waals surface area contributed by atoms with Gasteiger partial charge in [-0.1, -0.05) is 12.1 Å². The van der Waals surface area contributed by atoms with Gasteiger partial charge in [0.15, 0.2) is 5.96 Å². The van der Waals surface area contributed by atoms with Crippen molar-refractivity contribution in [2.75, 3.05) is 33.8 Å². The van der Waals surface area contributed by atoms with Crippen molar-refractivity contribution in [2.24, 2.45) is 10.9 Å². The number of methoxy groups -OCH3 is 1. The average Bonchev–Trinajstić information content (AvgIpc) is 2.58. The maximum Gasteiger partial charge on any atom is 0.308 e. The second-order valence-corrected chi connectivity index (χ2v) is 5.64. The highest BCUT2D eigenvalue weighted by molar-refractivity contribution is 5.80. The van der Waals surface area contributed by atoms with Crippen molar-refractivity contribution in [2.45, 2.75) is 19.3 Å². The fraction of sp³-hybridized carbons (Fsp3) is 0.529. The smallest absolute Gasteiger partial charge is 0.308 e. The van der Waals surface area contributed by atoms with Crippen LogP contribution in [0.2, 0.25) is 0 Å². The van der Waals surface area contributed by atoms with E-state index in [1.807, 2.05) is 6.07 Å². The molecule has 1 heterocycles. The van der Waals surface area contributed by atoms with Gasteiger partial charge < -0.3 is 15.0 Å². The highest BCUT2D eigenvalue weighted by Gasteiger charge is 2.26. The molecule has 1 aromatic carbocycles. The van der Waals surface area contributed by atoms with Crippen LogP contribution in [0.15, 0.2) is 29.3 Å². The summed E-state index contributed by atoms with van der Waals surface area (Å²) in [6.07, 6.45) is 2.28. The van der Waals surface area contributed by atoms with Crippen LogP contribution in [0.1, 0.15) is 18.4 Å². The number of carbonyl (C=O) groups is 1. The van der Waals surface area contributed by atoms with E-state index in [9.17, 15) is 9.18 Å². The number of benzene rings is 1. The Hall–Kier alpha value is -2.11. The van der Waals surface area contributed by atoms with Crippen molar-refractivity contribution in [1.82, 2.24) is 10.2 Å². The topological polar surface area (TPSA) is 53.9 Å². The molecule has 1 saturated heterocycles. The Kier molecular flexibility index (Phi) is 6.38. The van der Waals surface area contributed by atoms with Gasteiger partial charge in [0.2, 0.25) is 0 Å².